The van der Waals surface area contributed by atoms with Crippen LogP contribution in [0.15, 0.2) is 97.1 Å². The fraction of sp³-hybridized carbons (Fsp3) is 0.0400. The van der Waals surface area contributed by atoms with E-state index in [2.05, 4.69) is 103 Å². The van der Waals surface area contributed by atoms with Crippen molar-refractivity contribution in [1.29, 1.82) is 0 Å². The number of hydrogen-bond donors (Lipinski definition) is 0. The first-order chi connectivity index (χ1) is 12.4. The van der Waals surface area contributed by atoms with E-state index in [1.54, 1.807) is 0 Å². The average Bonchev–Trinajstić information content (AvgIpc) is 3.01. The smallest absolute Gasteiger partial charge is 0.0622 e. The van der Waals surface area contributed by atoms with Gasteiger partial charge in [-0.15, -0.1) is 0 Å². The molecule has 0 spiro atoms. The third kappa shape index (κ3) is 1.88. The largest absolute Gasteiger partial charge is 0.0719 e. The maximum Gasteiger partial charge on any atom is 0.0719 e. The van der Waals surface area contributed by atoms with Crippen LogP contribution in [0.1, 0.15) is 22.3 Å². The molecular weight excluding hydrogens is 300 g/mol. The van der Waals surface area contributed by atoms with E-state index in [1.165, 1.54) is 33.4 Å². The molecule has 0 nitrogen and oxygen atoms in total. The zero-order valence-corrected chi connectivity index (χ0v) is 13.7. The summed E-state index contributed by atoms with van der Waals surface area (Å²) in [5, 5.41) is 0. The fourth-order valence-electron chi connectivity index (χ4n) is 4.23. The maximum absolute atomic E-state index is 3.53. The van der Waals surface area contributed by atoms with Gasteiger partial charge in [0.05, 0.1) is 5.41 Å². The van der Waals surface area contributed by atoms with Gasteiger partial charge < -0.3 is 0 Å². The van der Waals surface area contributed by atoms with Gasteiger partial charge in [-0.1, -0.05) is 84.9 Å². The first-order valence-electron chi connectivity index (χ1n) is 8.55. The van der Waals surface area contributed by atoms with Crippen LogP contribution in [-0.4, -0.2) is 0 Å². The minimum absolute atomic E-state index is 0.330. The highest BCUT2D eigenvalue weighted by Crippen LogP contribution is 2.55. The van der Waals surface area contributed by atoms with Gasteiger partial charge in [-0.2, -0.15) is 0 Å². The zero-order chi connectivity index (χ0) is 16.7. The second-order valence-electron chi connectivity index (χ2n) is 6.42. The molecule has 0 saturated carbocycles. The van der Waals surface area contributed by atoms with Crippen LogP contribution in [0, 0.1) is 12.1 Å². The highest BCUT2D eigenvalue weighted by atomic mass is 14.5. The molecule has 2 radical (unpaired) electrons. The Morgan fingerprint density at radius 3 is 1.88 bits per heavy atom. The van der Waals surface area contributed by atoms with Crippen molar-refractivity contribution < 1.29 is 0 Å². The van der Waals surface area contributed by atoms with E-state index < -0.39 is 0 Å². The van der Waals surface area contributed by atoms with E-state index in [0.29, 0.717) is 0 Å². The van der Waals surface area contributed by atoms with Crippen LogP contribution in [0.25, 0.3) is 11.1 Å². The number of hydrogen-bond acceptors (Lipinski definition) is 0. The van der Waals surface area contributed by atoms with Crippen LogP contribution in [0.5, 0.6) is 0 Å². The van der Waals surface area contributed by atoms with Gasteiger partial charge in [0, 0.05) is 0 Å². The lowest BCUT2D eigenvalue weighted by Gasteiger charge is -2.33. The van der Waals surface area contributed by atoms with Crippen LogP contribution >= 0.6 is 0 Å². The van der Waals surface area contributed by atoms with Gasteiger partial charge in [-0.25, -0.2) is 0 Å². The normalized spacial score (nSPS) is 13.9. The minimum atomic E-state index is -0.330. The van der Waals surface area contributed by atoms with Crippen molar-refractivity contribution in [3.8, 4) is 11.1 Å². The summed E-state index contributed by atoms with van der Waals surface area (Å²) in [4.78, 5) is 0. The van der Waals surface area contributed by atoms with Gasteiger partial charge in [-0.05, 0) is 57.6 Å². The van der Waals surface area contributed by atoms with Crippen LogP contribution in [0.4, 0.5) is 0 Å². The minimum Gasteiger partial charge on any atom is -0.0622 e. The fourth-order valence-corrected chi connectivity index (χ4v) is 4.23. The molecule has 1 aliphatic rings. The molecule has 0 unspecified atom stereocenters. The topological polar surface area (TPSA) is 0 Å². The first kappa shape index (κ1) is 14.2. The van der Waals surface area contributed by atoms with Crippen molar-refractivity contribution in [1.82, 2.24) is 0 Å². The molecule has 0 fully saturated rings. The van der Waals surface area contributed by atoms with Gasteiger partial charge in [0.25, 0.3) is 0 Å². The molecule has 25 heavy (non-hydrogen) atoms. The Bertz CT molecular complexity index is 943. The van der Waals surface area contributed by atoms with E-state index in [9.17, 15) is 0 Å². The molecule has 0 amide bonds. The molecule has 0 aliphatic heterocycles. The Morgan fingerprint density at radius 2 is 1.20 bits per heavy atom. The molecule has 0 aromatic heterocycles. The highest BCUT2D eigenvalue weighted by molar-refractivity contribution is 5.85. The van der Waals surface area contributed by atoms with Crippen molar-refractivity contribution in [2.45, 2.75) is 5.41 Å². The van der Waals surface area contributed by atoms with Crippen LogP contribution < -0.4 is 0 Å². The summed E-state index contributed by atoms with van der Waals surface area (Å²) < 4.78 is 0. The molecule has 0 heterocycles. The molecule has 4 aromatic rings. The van der Waals surface area contributed by atoms with Crippen molar-refractivity contribution >= 4 is 0 Å². The Kier molecular flexibility index (Phi) is 3.11. The molecule has 0 heteroatoms. The molecule has 1 aliphatic carbocycles. The van der Waals surface area contributed by atoms with Crippen molar-refractivity contribution in [3.05, 3.63) is 131 Å². The summed E-state index contributed by atoms with van der Waals surface area (Å²) in [5.74, 6) is 0. The number of fused-ring (bicyclic) bond motifs is 3. The Labute approximate surface area is 148 Å². The summed E-state index contributed by atoms with van der Waals surface area (Å²) in [6, 6.07) is 41.0. The molecule has 0 N–H and O–H groups in total. The summed E-state index contributed by atoms with van der Waals surface area (Å²) in [6.45, 7) is 0. The van der Waals surface area contributed by atoms with E-state index in [0.717, 1.165) is 0 Å². The summed E-state index contributed by atoms with van der Waals surface area (Å²) in [6.07, 6.45) is 0. The standard InChI is InChI=1S/C25H16/c1-3-11-19(12-4-1)25(20-13-5-2-6-14-20)23-17-9-7-15-21(23)22-16-8-10-18-24(22)25/h1-7,9-17H. The van der Waals surface area contributed by atoms with E-state index in [4.69, 9.17) is 0 Å². The van der Waals surface area contributed by atoms with Crippen molar-refractivity contribution in [2.75, 3.05) is 0 Å². The van der Waals surface area contributed by atoms with Gasteiger partial charge in [-0.3, -0.25) is 0 Å². The third-order valence-electron chi connectivity index (χ3n) is 5.21. The average molecular weight is 316 g/mol. The lowest BCUT2D eigenvalue weighted by molar-refractivity contribution is 0.767. The maximum atomic E-state index is 3.53. The Balaban J connectivity index is 1.98. The quantitative estimate of drug-likeness (QED) is 0.395. The lowest BCUT2D eigenvalue weighted by atomic mass is 9.68. The molecule has 0 saturated heterocycles. The van der Waals surface area contributed by atoms with Gasteiger partial charge in [0.2, 0.25) is 0 Å². The van der Waals surface area contributed by atoms with Crippen molar-refractivity contribution in [2.24, 2.45) is 0 Å². The summed E-state index contributed by atoms with van der Waals surface area (Å²) in [5.41, 5.74) is 7.25. The van der Waals surface area contributed by atoms with Crippen molar-refractivity contribution in [3.63, 3.8) is 0 Å². The van der Waals surface area contributed by atoms with E-state index >= 15 is 0 Å². The second-order valence-corrected chi connectivity index (χ2v) is 6.42. The molecule has 0 bridgehead atoms. The monoisotopic (exact) mass is 316 g/mol. The molecule has 0 atom stereocenters. The number of rotatable bonds is 2. The first-order valence-corrected chi connectivity index (χ1v) is 8.55. The van der Waals surface area contributed by atoms with Crippen LogP contribution in [0.3, 0.4) is 0 Å². The highest BCUT2D eigenvalue weighted by Gasteiger charge is 2.45. The van der Waals surface area contributed by atoms with Gasteiger partial charge in [0.1, 0.15) is 0 Å². The Hall–Kier alpha value is -3.12. The lowest BCUT2D eigenvalue weighted by Crippen LogP contribution is -2.28. The van der Waals surface area contributed by atoms with E-state index in [1.807, 2.05) is 6.07 Å². The molecule has 116 valence electrons. The zero-order valence-electron chi connectivity index (χ0n) is 13.7. The summed E-state index contributed by atoms with van der Waals surface area (Å²) in [7, 11) is 0. The Morgan fingerprint density at radius 1 is 0.600 bits per heavy atom. The van der Waals surface area contributed by atoms with Gasteiger partial charge in [0.15, 0.2) is 0 Å². The van der Waals surface area contributed by atoms with Crippen LogP contribution in [0.2, 0.25) is 0 Å². The third-order valence-corrected chi connectivity index (χ3v) is 5.21. The van der Waals surface area contributed by atoms with Gasteiger partial charge >= 0.3 is 0 Å². The van der Waals surface area contributed by atoms with E-state index in [-0.39, 0.29) is 5.41 Å². The second kappa shape index (κ2) is 5.46. The predicted octanol–water partition coefficient (Wildman–Crippen LogP) is 5.65. The molecule has 5 rings (SSSR count). The summed E-state index contributed by atoms with van der Waals surface area (Å²) >= 11 is 0. The molecular formula is C25H16. The predicted molar refractivity (Wildman–Crippen MR) is 101 cm³/mol. The van der Waals surface area contributed by atoms with Crippen LogP contribution in [-0.2, 0) is 5.41 Å². The molecule has 4 aromatic carbocycles. The number of benzene rings is 4. The SMILES string of the molecule is [c]1c[c]c2c(c1)-c1ccccc1C2(c1ccccc1)c1ccccc1.